The zero-order chi connectivity index (χ0) is 29.9. The van der Waals surface area contributed by atoms with Crippen molar-refractivity contribution in [3.8, 4) is 16.9 Å². The van der Waals surface area contributed by atoms with Gasteiger partial charge in [-0.1, -0.05) is 54.3 Å². The summed E-state index contributed by atoms with van der Waals surface area (Å²) in [7, 11) is 0. The molecule has 0 aliphatic carbocycles. The Bertz CT molecular complexity index is 1470. The molecule has 1 N–H and O–H groups in total. The Morgan fingerprint density at radius 2 is 1.81 bits per heavy atom. The van der Waals surface area contributed by atoms with Gasteiger partial charge >= 0.3 is 6.36 Å². The van der Waals surface area contributed by atoms with E-state index in [-0.39, 0.29) is 35.6 Å². The molecule has 2 saturated heterocycles. The molecule has 0 unspecified atom stereocenters. The first-order valence-corrected chi connectivity index (χ1v) is 15.3. The number of alkyl halides is 3. The minimum atomic E-state index is -4.78. The maximum absolute atomic E-state index is 13.1. The number of carbonyl (C=O) groups excluding carboxylic acids is 3. The number of likely N-dealkylation sites (tertiary alicyclic amines) is 1. The molecule has 5 rings (SSSR count). The van der Waals surface area contributed by atoms with Crippen molar-refractivity contribution in [1.29, 1.82) is 0 Å². The smallest absolute Gasteiger partial charge is 0.406 e. The van der Waals surface area contributed by atoms with E-state index in [1.807, 2.05) is 0 Å². The van der Waals surface area contributed by atoms with Crippen molar-refractivity contribution in [2.75, 3.05) is 30.7 Å². The lowest BCUT2D eigenvalue weighted by molar-refractivity contribution is -0.274. The van der Waals surface area contributed by atoms with Crippen molar-refractivity contribution < 1.29 is 32.3 Å². The van der Waals surface area contributed by atoms with Gasteiger partial charge in [0.05, 0.1) is 10.8 Å². The lowest BCUT2D eigenvalue weighted by Gasteiger charge is -2.31. The van der Waals surface area contributed by atoms with E-state index in [0.717, 1.165) is 5.01 Å². The van der Waals surface area contributed by atoms with Crippen molar-refractivity contribution in [3.63, 3.8) is 0 Å². The number of thiocarbonyl (C=S) groups is 1. The molecule has 2 aromatic carbocycles. The SMILES string of the molecule is O=C(Nc1ccccc1-c1ccc(OC(F)(F)F)cc1)c1csc(C2CCN(C(=O)CCN3C(=O)CSC3=S)CC2)n1. The highest BCUT2D eigenvalue weighted by Crippen LogP contribution is 2.33. The van der Waals surface area contributed by atoms with Gasteiger partial charge in [-0.25, -0.2) is 4.98 Å². The highest BCUT2D eigenvalue weighted by Gasteiger charge is 2.31. The van der Waals surface area contributed by atoms with Gasteiger partial charge in [0.1, 0.15) is 15.8 Å². The molecule has 0 atom stereocenters. The third kappa shape index (κ3) is 7.28. The van der Waals surface area contributed by atoms with E-state index in [2.05, 4.69) is 15.0 Å². The second kappa shape index (κ2) is 12.8. The lowest BCUT2D eigenvalue weighted by atomic mass is 9.97. The number of rotatable bonds is 8. The van der Waals surface area contributed by atoms with Gasteiger partial charge in [-0.15, -0.1) is 24.5 Å². The van der Waals surface area contributed by atoms with Crippen molar-refractivity contribution in [3.05, 3.63) is 64.6 Å². The predicted molar refractivity (Wildman–Crippen MR) is 159 cm³/mol. The predicted octanol–water partition coefficient (Wildman–Crippen LogP) is 5.92. The molecular formula is C28H25F3N4O4S3. The van der Waals surface area contributed by atoms with Gasteiger partial charge in [-0.3, -0.25) is 19.3 Å². The minimum absolute atomic E-state index is 0.0126. The van der Waals surface area contributed by atoms with Crippen LogP contribution in [0.15, 0.2) is 53.9 Å². The van der Waals surface area contributed by atoms with E-state index in [9.17, 15) is 27.6 Å². The van der Waals surface area contributed by atoms with Gasteiger partial charge in [-0.05, 0) is 36.6 Å². The Balaban J connectivity index is 1.16. The Morgan fingerprint density at radius 3 is 2.48 bits per heavy atom. The molecule has 3 amide bonds. The number of para-hydroxylation sites is 1. The third-order valence-corrected chi connectivity index (χ3v) is 9.36. The maximum atomic E-state index is 13.1. The maximum Gasteiger partial charge on any atom is 0.573 e. The van der Waals surface area contributed by atoms with E-state index >= 15 is 0 Å². The van der Waals surface area contributed by atoms with Crippen molar-refractivity contribution >= 4 is 63.0 Å². The number of piperidine rings is 1. The Hall–Kier alpha value is -3.49. The summed E-state index contributed by atoms with van der Waals surface area (Å²) in [5.74, 6) is -0.355. The van der Waals surface area contributed by atoms with Gasteiger partial charge in [0.2, 0.25) is 11.8 Å². The van der Waals surface area contributed by atoms with E-state index in [1.165, 1.54) is 52.3 Å². The number of nitrogens with one attached hydrogen (secondary N) is 1. The van der Waals surface area contributed by atoms with Gasteiger partial charge in [-0.2, -0.15) is 0 Å². The van der Waals surface area contributed by atoms with Gasteiger partial charge < -0.3 is 15.0 Å². The number of hydrogen-bond donors (Lipinski definition) is 1. The van der Waals surface area contributed by atoms with E-state index in [4.69, 9.17) is 12.2 Å². The molecule has 0 spiro atoms. The lowest BCUT2D eigenvalue weighted by Crippen LogP contribution is -2.40. The molecule has 0 bridgehead atoms. The standard InChI is InChI=1S/C28H25F3N4O4S3/c29-28(30,31)39-19-7-5-17(6-8-19)20-3-1-2-4-21(20)32-25(38)22-15-41-26(33-22)18-9-12-34(13-10-18)23(36)11-14-35-24(37)16-42-27(35)40/h1-8,15,18H,9-14,16H2,(H,32,38). The van der Waals surface area contributed by atoms with Crippen LogP contribution >= 0.6 is 35.3 Å². The second-order valence-electron chi connectivity index (χ2n) is 9.65. The number of anilines is 1. The summed E-state index contributed by atoms with van der Waals surface area (Å²) in [5.41, 5.74) is 1.99. The quantitative estimate of drug-likeness (QED) is 0.308. The minimum Gasteiger partial charge on any atom is -0.406 e. The molecule has 2 aliphatic rings. The van der Waals surface area contributed by atoms with Gasteiger partial charge in [0.15, 0.2) is 0 Å². The summed E-state index contributed by atoms with van der Waals surface area (Å²) < 4.78 is 41.9. The van der Waals surface area contributed by atoms with Crippen molar-refractivity contribution in [2.45, 2.75) is 31.5 Å². The second-order valence-corrected chi connectivity index (χ2v) is 12.1. The molecule has 42 heavy (non-hydrogen) atoms. The van der Waals surface area contributed by atoms with Gasteiger partial charge in [0.25, 0.3) is 5.91 Å². The van der Waals surface area contributed by atoms with Gasteiger partial charge in [0, 0.05) is 48.6 Å². The summed E-state index contributed by atoms with van der Waals surface area (Å²) in [6, 6.07) is 12.4. The highest BCUT2D eigenvalue weighted by atomic mass is 32.2. The number of aromatic nitrogens is 1. The third-order valence-electron chi connectivity index (χ3n) is 6.92. The van der Waals surface area contributed by atoms with E-state index < -0.39 is 12.3 Å². The fourth-order valence-corrected chi connectivity index (χ4v) is 6.88. The zero-order valence-corrected chi connectivity index (χ0v) is 24.5. The summed E-state index contributed by atoms with van der Waals surface area (Å²) in [6.07, 6.45) is -3.12. The molecule has 14 heteroatoms. The van der Waals surface area contributed by atoms with E-state index in [1.54, 1.807) is 34.5 Å². The monoisotopic (exact) mass is 634 g/mol. The molecule has 3 aromatic rings. The summed E-state index contributed by atoms with van der Waals surface area (Å²) >= 11 is 7.89. The summed E-state index contributed by atoms with van der Waals surface area (Å²) in [5, 5.41) is 5.38. The summed E-state index contributed by atoms with van der Waals surface area (Å²) in [4.78, 5) is 45.5. The van der Waals surface area contributed by atoms with Crippen LogP contribution in [0.5, 0.6) is 5.75 Å². The molecule has 2 aliphatic heterocycles. The Labute approximate surface area is 253 Å². The number of nitrogens with zero attached hydrogens (tertiary/aromatic N) is 3. The molecule has 8 nitrogen and oxygen atoms in total. The molecule has 0 radical (unpaired) electrons. The first-order valence-electron chi connectivity index (χ1n) is 13.0. The number of benzene rings is 2. The molecule has 3 heterocycles. The van der Waals surface area contributed by atoms with Crippen LogP contribution in [0.4, 0.5) is 18.9 Å². The zero-order valence-electron chi connectivity index (χ0n) is 22.1. The Morgan fingerprint density at radius 1 is 1.10 bits per heavy atom. The molecule has 0 saturated carbocycles. The van der Waals surface area contributed by atoms with Crippen LogP contribution in [0, 0.1) is 0 Å². The average Bonchev–Trinajstić information content (AvgIpc) is 3.58. The summed E-state index contributed by atoms with van der Waals surface area (Å²) in [6.45, 7) is 1.44. The van der Waals surface area contributed by atoms with Crippen LogP contribution in [0.2, 0.25) is 0 Å². The highest BCUT2D eigenvalue weighted by molar-refractivity contribution is 8.23. The van der Waals surface area contributed by atoms with Crippen LogP contribution in [0.1, 0.15) is 40.7 Å². The van der Waals surface area contributed by atoms with Crippen LogP contribution in [-0.4, -0.2) is 68.6 Å². The number of hydrogen-bond acceptors (Lipinski definition) is 8. The number of carbonyl (C=O) groups is 3. The number of halogens is 3. The fourth-order valence-electron chi connectivity index (χ4n) is 4.78. The normalized spacial score (nSPS) is 16.2. The fraction of sp³-hybridized carbons (Fsp3) is 0.321. The first-order chi connectivity index (χ1) is 20.1. The van der Waals surface area contributed by atoms with Crippen molar-refractivity contribution in [1.82, 2.24) is 14.8 Å². The molecular weight excluding hydrogens is 610 g/mol. The number of thiazole rings is 1. The van der Waals surface area contributed by atoms with E-state index in [0.29, 0.717) is 59.4 Å². The average molecular weight is 635 g/mol. The number of ether oxygens (including phenoxy) is 1. The van der Waals surface area contributed by atoms with Crippen LogP contribution in [0.3, 0.4) is 0 Å². The number of amides is 3. The largest absolute Gasteiger partial charge is 0.573 e. The molecule has 2 fully saturated rings. The van der Waals surface area contributed by atoms with Crippen LogP contribution < -0.4 is 10.1 Å². The van der Waals surface area contributed by atoms with Crippen LogP contribution in [0.25, 0.3) is 11.1 Å². The topological polar surface area (TPSA) is 91.8 Å². The first kappa shape index (κ1) is 30.0. The number of thioether (sulfide) groups is 1. The molecule has 220 valence electrons. The Kier molecular flexibility index (Phi) is 9.13. The van der Waals surface area contributed by atoms with Crippen molar-refractivity contribution in [2.24, 2.45) is 0 Å². The molecule has 1 aromatic heterocycles. The van der Waals surface area contributed by atoms with Crippen LogP contribution in [-0.2, 0) is 9.59 Å².